The van der Waals surface area contributed by atoms with Gasteiger partial charge in [-0.3, -0.25) is 4.98 Å². The fourth-order valence-electron chi connectivity index (χ4n) is 4.01. The first-order chi connectivity index (χ1) is 14.7. The highest BCUT2D eigenvalue weighted by Gasteiger charge is 2.21. The number of benzene rings is 1. The van der Waals surface area contributed by atoms with Gasteiger partial charge in [-0.1, -0.05) is 12.1 Å². The number of carbonyl (C=O) groups is 1. The molecule has 1 fully saturated rings. The van der Waals surface area contributed by atoms with E-state index in [2.05, 4.69) is 26.9 Å². The Bertz CT molecular complexity index is 961. The van der Waals surface area contributed by atoms with Gasteiger partial charge < -0.3 is 19.3 Å². The van der Waals surface area contributed by atoms with E-state index in [1.54, 1.807) is 13.3 Å². The Morgan fingerprint density at radius 3 is 2.57 bits per heavy atom. The first kappa shape index (κ1) is 20.3. The van der Waals surface area contributed by atoms with Crippen LogP contribution in [0, 0.1) is 11.3 Å². The molecule has 7 nitrogen and oxygen atoms in total. The van der Waals surface area contributed by atoms with Crippen molar-refractivity contribution in [1.82, 2.24) is 14.8 Å². The van der Waals surface area contributed by atoms with Crippen molar-refractivity contribution in [3.8, 4) is 11.8 Å². The van der Waals surface area contributed by atoms with Crippen LogP contribution in [0.4, 0.5) is 0 Å². The van der Waals surface area contributed by atoms with Crippen LogP contribution in [0.1, 0.15) is 32.7 Å². The summed E-state index contributed by atoms with van der Waals surface area (Å²) in [6, 6.07) is 10.0. The van der Waals surface area contributed by atoms with Crippen LogP contribution in [0.2, 0.25) is 0 Å². The summed E-state index contributed by atoms with van der Waals surface area (Å²) in [7, 11) is 1.58. The highest BCUT2D eigenvalue weighted by molar-refractivity contribution is 5.93. The van der Waals surface area contributed by atoms with Crippen LogP contribution in [0.25, 0.3) is 0 Å². The van der Waals surface area contributed by atoms with Crippen molar-refractivity contribution in [3.63, 3.8) is 0 Å². The largest absolute Gasteiger partial charge is 0.495 e. The van der Waals surface area contributed by atoms with Crippen LogP contribution < -0.4 is 4.74 Å². The Kier molecular flexibility index (Phi) is 6.26. The van der Waals surface area contributed by atoms with Crippen molar-refractivity contribution >= 4 is 5.97 Å². The molecular formula is C23H26N4O3. The number of aromatic nitrogens is 1. The van der Waals surface area contributed by atoms with Gasteiger partial charge in [-0.15, -0.1) is 0 Å². The van der Waals surface area contributed by atoms with Gasteiger partial charge in [-0.05, 0) is 18.1 Å². The van der Waals surface area contributed by atoms with Gasteiger partial charge in [0.15, 0.2) is 0 Å². The number of cyclic esters (lactones) is 1. The van der Waals surface area contributed by atoms with E-state index < -0.39 is 0 Å². The Morgan fingerprint density at radius 1 is 1.13 bits per heavy atom. The number of pyridine rings is 1. The molecule has 30 heavy (non-hydrogen) atoms. The minimum Gasteiger partial charge on any atom is -0.495 e. The third-order valence-electron chi connectivity index (χ3n) is 5.88. The molecule has 1 aromatic heterocycles. The number of ether oxygens (including phenoxy) is 2. The molecule has 0 N–H and O–H groups in total. The molecule has 0 aliphatic carbocycles. The summed E-state index contributed by atoms with van der Waals surface area (Å²) in [6.07, 6.45) is 3.42. The molecule has 2 aromatic rings. The molecule has 0 radical (unpaired) electrons. The smallest absolute Gasteiger partial charge is 0.338 e. The van der Waals surface area contributed by atoms with E-state index in [9.17, 15) is 4.79 Å². The van der Waals surface area contributed by atoms with E-state index >= 15 is 0 Å². The van der Waals surface area contributed by atoms with E-state index in [0.717, 1.165) is 63.4 Å². The first-order valence-electron chi connectivity index (χ1n) is 10.3. The highest BCUT2D eigenvalue weighted by Crippen LogP contribution is 2.21. The lowest BCUT2D eigenvalue weighted by molar-refractivity contribution is 0.0535. The molecule has 156 valence electrons. The van der Waals surface area contributed by atoms with Crippen molar-refractivity contribution in [2.45, 2.75) is 19.4 Å². The van der Waals surface area contributed by atoms with E-state index in [4.69, 9.17) is 14.7 Å². The summed E-state index contributed by atoms with van der Waals surface area (Å²) in [4.78, 5) is 20.9. The summed E-state index contributed by atoms with van der Waals surface area (Å²) in [5.41, 5.74) is 4.40. The molecule has 0 spiro atoms. The highest BCUT2D eigenvalue weighted by atomic mass is 16.5. The van der Waals surface area contributed by atoms with E-state index in [1.807, 2.05) is 18.2 Å². The Morgan fingerprint density at radius 2 is 1.87 bits per heavy atom. The molecule has 2 aliphatic rings. The Hall–Kier alpha value is -2.95. The molecule has 1 aromatic carbocycles. The SMILES string of the molecule is COc1cc(CCN2CCN(CCc3ccc4c(c3)COC4=O)CC2)ncc1C#N. The number of fused-ring (bicyclic) bond motifs is 1. The number of methoxy groups -OCH3 is 1. The summed E-state index contributed by atoms with van der Waals surface area (Å²) < 4.78 is 10.4. The maximum atomic E-state index is 11.6. The van der Waals surface area contributed by atoms with Gasteiger partial charge >= 0.3 is 5.97 Å². The summed E-state index contributed by atoms with van der Waals surface area (Å²) in [5.74, 6) is 0.386. The van der Waals surface area contributed by atoms with Gasteiger partial charge in [-0.25, -0.2) is 4.79 Å². The van der Waals surface area contributed by atoms with Gasteiger partial charge in [0.1, 0.15) is 24.0 Å². The van der Waals surface area contributed by atoms with Crippen molar-refractivity contribution in [2.24, 2.45) is 0 Å². The van der Waals surface area contributed by atoms with Crippen molar-refractivity contribution in [2.75, 3.05) is 46.4 Å². The van der Waals surface area contributed by atoms with Crippen molar-refractivity contribution in [1.29, 1.82) is 5.26 Å². The third-order valence-corrected chi connectivity index (χ3v) is 5.88. The molecule has 0 atom stereocenters. The second kappa shape index (κ2) is 9.24. The van der Waals surface area contributed by atoms with Crippen LogP contribution in [-0.2, 0) is 24.2 Å². The summed E-state index contributed by atoms with van der Waals surface area (Å²) >= 11 is 0. The minimum absolute atomic E-state index is 0.206. The average molecular weight is 406 g/mol. The van der Waals surface area contributed by atoms with Crippen LogP contribution >= 0.6 is 0 Å². The number of hydrogen-bond acceptors (Lipinski definition) is 7. The maximum Gasteiger partial charge on any atom is 0.338 e. The number of hydrogen-bond donors (Lipinski definition) is 0. The van der Waals surface area contributed by atoms with Crippen molar-refractivity contribution < 1.29 is 14.3 Å². The predicted molar refractivity (Wildman–Crippen MR) is 111 cm³/mol. The number of nitriles is 1. The van der Waals surface area contributed by atoms with Gasteiger partial charge in [0.25, 0.3) is 0 Å². The molecular weight excluding hydrogens is 380 g/mol. The van der Waals surface area contributed by atoms with Gasteiger partial charge in [-0.2, -0.15) is 5.26 Å². The van der Waals surface area contributed by atoms with Crippen LogP contribution in [0.3, 0.4) is 0 Å². The fraction of sp³-hybridized carbons (Fsp3) is 0.435. The molecule has 7 heteroatoms. The zero-order chi connectivity index (χ0) is 20.9. The fourth-order valence-corrected chi connectivity index (χ4v) is 4.01. The quantitative estimate of drug-likeness (QED) is 0.651. The van der Waals surface area contributed by atoms with Gasteiger partial charge in [0.05, 0.1) is 12.7 Å². The second-order valence-corrected chi connectivity index (χ2v) is 7.74. The first-order valence-corrected chi connectivity index (χ1v) is 10.3. The van der Waals surface area contributed by atoms with Gasteiger partial charge in [0, 0.05) is 69.2 Å². The second-order valence-electron chi connectivity index (χ2n) is 7.74. The van der Waals surface area contributed by atoms with Crippen LogP contribution in [0.5, 0.6) is 5.75 Å². The normalized spacial score (nSPS) is 16.7. The Balaban J connectivity index is 1.21. The number of esters is 1. The lowest BCUT2D eigenvalue weighted by atomic mass is 10.0. The molecule has 0 bridgehead atoms. The monoisotopic (exact) mass is 406 g/mol. The third kappa shape index (κ3) is 4.61. The van der Waals surface area contributed by atoms with E-state index in [-0.39, 0.29) is 5.97 Å². The molecule has 0 unspecified atom stereocenters. The van der Waals surface area contributed by atoms with Crippen molar-refractivity contribution in [3.05, 3.63) is 58.4 Å². The maximum absolute atomic E-state index is 11.6. The Labute approximate surface area is 176 Å². The zero-order valence-corrected chi connectivity index (χ0v) is 17.3. The molecule has 4 rings (SSSR count). The number of carbonyl (C=O) groups excluding carboxylic acids is 1. The number of piperazine rings is 1. The predicted octanol–water partition coefficient (Wildman–Crippen LogP) is 2.04. The number of rotatable bonds is 7. The lowest BCUT2D eigenvalue weighted by Crippen LogP contribution is -2.47. The minimum atomic E-state index is -0.206. The van der Waals surface area contributed by atoms with Gasteiger partial charge in [0.2, 0.25) is 0 Å². The van der Waals surface area contributed by atoms with Crippen LogP contribution in [0.15, 0.2) is 30.5 Å². The van der Waals surface area contributed by atoms with E-state index in [0.29, 0.717) is 23.5 Å². The molecule has 3 heterocycles. The van der Waals surface area contributed by atoms with E-state index in [1.165, 1.54) is 5.56 Å². The lowest BCUT2D eigenvalue weighted by Gasteiger charge is -2.34. The summed E-state index contributed by atoms with van der Waals surface area (Å²) in [6.45, 7) is 6.57. The topological polar surface area (TPSA) is 78.7 Å². The standard InChI is InChI=1S/C23H26N4O3/c1-29-22-13-20(25-15-19(22)14-24)5-7-27-10-8-26(9-11-27)6-4-17-2-3-21-18(12-17)16-30-23(21)28/h2-3,12-13,15H,4-11,16H2,1H3. The molecule has 2 aliphatic heterocycles. The summed E-state index contributed by atoms with van der Waals surface area (Å²) in [5, 5.41) is 9.07. The average Bonchev–Trinajstić information content (AvgIpc) is 3.16. The van der Waals surface area contributed by atoms with Crippen LogP contribution in [-0.4, -0.2) is 67.1 Å². The molecule has 0 amide bonds. The number of nitrogens with zero attached hydrogens (tertiary/aromatic N) is 4. The molecule has 0 saturated carbocycles. The molecule has 1 saturated heterocycles. The zero-order valence-electron chi connectivity index (χ0n) is 17.3.